The van der Waals surface area contributed by atoms with Gasteiger partial charge < -0.3 is 9.47 Å². The topological polar surface area (TPSA) is 48.7 Å². The molecule has 2 aliphatic rings. The Balaban J connectivity index is 1.30. The van der Waals surface area contributed by atoms with Gasteiger partial charge in [0.15, 0.2) is 17.2 Å². The Bertz CT molecular complexity index is 1080. The largest absolute Gasteiger partial charge is 0.493 e. The van der Waals surface area contributed by atoms with Crippen LogP contribution < -0.4 is 9.47 Å². The van der Waals surface area contributed by atoms with Gasteiger partial charge in [-0.1, -0.05) is 0 Å². The van der Waals surface area contributed by atoms with E-state index >= 15 is 0 Å². The molecule has 3 aromatic rings. The van der Waals surface area contributed by atoms with Gasteiger partial charge in [0.05, 0.1) is 13.7 Å². The molecule has 7 heteroatoms. The zero-order valence-electron chi connectivity index (χ0n) is 16.5. The summed E-state index contributed by atoms with van der Waals surface area (Å²) in [4.78, 5) is 0. The molecule has 152 valence electrons. The molecule has 2 aliphatic carbocycles. The first kappa shape index (κ1) is 18.3. The van der Waals surface area contributed by atoms with Gasteiger partial charge >= 0.3 is 0 Å². The van der Waals surface area contributed by atoms with Crippen molar-refractivity contribution in [2.45, 2.75) is 38.5 Å². The van der Waals surface area contributed by atoms with Crippen molar-refractivity contribution in [2.24, 2.45) is 11.8 Å². The van der Waals surface area contributed by atoms with Crippen molar-refractivity contribution in [2.75, 3.05) is 13.7 Å². The molecule has 0 radical (unpaired) electrons. The van der Waals surface area contributed by atoms with E-state index in [9.17, 15) is 8.78 Å². The summed E-state index contributed by atoms with van der Waals surface area (Å²) in [7, 11) is 1.36. The molecule has 2 fully saturated rings. The third-order valence-corrected chi connectivity index (χ3v) is 6.06. The summed E-state index contributed by atoms with van der Waals surface area (Å²) in [5.74, 6) is 1.55. The van der Waals surface area contributed by atoms with Crippen molar-refractivity contribution in [3.8, 4) is 11.5 Å². The Labute approximate surface area is 167 Å². The quantitative estimate of drug-likeness (QED) is 0.589. The van der Waals surface area contributed by atoms with Gasteiger partial charge in [-0.2, -0.15) is 0 Å². The van der Waals surface area contributed by atoms with Crippen molar-refractivity contribution in [3.63, 3.8) is 0 Å². The minimum Gasteiger partial charge on any atom is -0.493 e. The van der Waals surface area contributed by atoms with E-state index in [4.69, 9.17) is 9.47 Å². The number of nitrogens with zero attached hydrogens (tertiary/aromatic N) is 3. The van der Waals surface area contributed by atoms with Crippen LogP contribution in [0.3, 0.4) is 0 Å². The summed E-state index contributed by atoms with van der Waals surface area (Å²) < 4.78 is 41.4. The molecule has 0 amide bonds. The van der Waals surface area contributed by atoms with Gasteiger partial charge in [0.1, 0.15) is 17.4 Å². The van der Waals surface area contributed by atoms with Gasteiger partial charge in [-0.25, -0.2) is 8.78 Å². The van der Waals surface area contributed by atoms with Crippen molar-refractivity contribution in [1.82, 2.24) is 14.6 Å². The summed E-state index contributed by atoms with van der Waals surface area (Å²) in [6.45, 7) is 2.41. The number of aromatic nitrogens is 3. The maximum absolute atomic E-state index is 14.3. The van der Waals surface area contributed by atoms with Crippen LogP contribution in [0.2, 0.25) is 0 Å². The predicted molar refractivity (Wildman–Crippen MR) is 103 cm³/mol. The summed E-state index contributed by atoms with van der Waals surface area (Å²) in [5, 5.41) is 8.67. The molecular weight excluding hydrogens is 376 g/mol. The van der Waals surface area contributed by atoms with E-state index in [0.29, 0.717) is 12.2 Å². The number of hydrogen-bond donors (Lipinski definition) is 0. The highest BCUT2D eigenvalue weighted by atomic mass is 19.1. The minimum atomic E-state index is -0.537. The fraction of sp³-hybridized carbons (Fsp3) is 0.455. The van der Waals surface area contributed by atoms with Crippen molar-refractivity contribution >= 4 is 5.65 Å². The zero-order chi connectivity index (χ0) is 20.1. The van der Waals surface area contributed by atoms with Crippen LogP contribution in [0.1, 0.15) is 42.1 Å². The van der Waals surface area contributed by atoms with Crippen LogP contribution in [-0.2, 0) is 6.42 Å². The maximum atomic E-state index is 14.3. The lowest BCUT2D eigenvalue weighted by atomic mass is 10.1. The second-order valence-corrected chi connectivity index (χ2v) is 8.15. The Morgan fingerprint density at radius 2 is 1.93 bits per heavy atom. The first-order valence-corrected chi connectivity index (χ1v) is 10.0. The first-order chi connectivity index (χ1) is 14.1. The highest BCUT2D eigenvalue weighted by Gasteiger charge is 2.43. The number of ether oxygens (including phenoxy) is 2. The lowest BCUT2D eigenvalue weighted by molar-refractivity contribution is 0.293. The van der Waals surface area contributed by atoms with Crippen LogP contribution in [0.5, 0.6) is 11.5 Å². The van der Waals surface area contributed by atoms with E-state index in [1.807, 2.05) is 23.6 Å². The molecule has 2 aromatic heterocycles. The third-order valence-electron chi connectivity index (χ3n) is 6.06. The Morgan fingerprint density at radius 1 is 1.14 bits per heavy atom. The molecule has 2 saturated carbocycles. The first-order valence-electron chi connectivity index (χ1n) is 10.0. The number of fused-ring (bicyclic) bond motifs is 1. The van der Waals surface area contributed by atoms with Gasteiger partial charge in [-0.3, -0.25) is 4.40 Å². The minimum absolute atomic E-state index is 0.00162. The normalized spacial score (nSPS) is 20.8. The van der Waals surface area contributed by atoms with E-state index in [2.05, 4.69) is 10.2 Å². The Hall–Kier alpha value is -2.70. The fourth-order valence-electron chi connectivity index (χ4n) is 4.07. The van der Waals surface area contributed by atoms with Gasteiger partial charge in [0.25, 0.3) is 0 Å². The van der Waals surface area contributed by atoms with Crippen LogP contribution in [0, 0.1) is 30.4 Å². The summed E-state index contributed by atoms with van der Waals surface area (Å²) in [5.41, 5.74) is 2.06. The van der Waals surface area contributed by atoms with E-state index < -0.39 is 11.6 Å². The van der Waals surface area contributed by atoms with E-state index in [-0.39, 0.29) is 17.6 Å². The number of hydrogen-bond acceptors (Lipinski definition) is 4. The Kier molecular flexibility index (Phi) is 4.41. The average Bonchev–Trinajstić information content (AvgIpc) is 3.62. The molecule has 5 rings (SSSR count). The van der Waals surface area contributed by atoms with Gasteiger partial charge in [0, 0.05) is 29.7 Å². The number of rotatable bonds is 7. The van der Waals surface area contributed by atoms with Crippen LogP contribution in [0.15, 0.2) is 24.4 Å². The van der Waals surface area contributed by atoms with Crippen molar-refractivity contribution < 1.29 is 18.3 Å². The highest BCUT2D eigenvalue weighted by molar-refractivity contribution is 5.54. The smallest absolute Gasteiger partial charge is 0.167 e. The number of pyridine rings is 1. The molecule has 2 heterocycles. The number of halogens is 2. The lowest BCUT2D eigenvalue weighted by Crippen LogP contribution is -2.05. The van der Waals surface area contributed by atoms with Gasteiger partial charge in [0.2, 0.25) is 0 Å². The van der Waals surface area contributed by atoms with E-state index in [1.54, 1.807) is 0 Å². The van der Waals surface area contributed by atoms with Crippen molar-refractivity contribution in [3.05, 3.63) is 53.0 Å². The SMILES string of the molecule is COc1c(F)ccc(F)c1[C@H]1C[C@@H]1COc1ccn2c(CC3CC3)nnc2c1C. The highest BCUT2D eigenvalue weighted by Crippen LogP contribution is 2.52. The molecule has 0 bridgehead atoms. The van der Waals surface area contributed by atoms with E-state index in [1.165, 1.54) is 20.0 Å². The standard InChI is InChI=1S/C22H23F2N3O2/c1-12-18(7-8-27-19(9-13-3-4-13)25-26-22(12)27)29-11-14-10-15(14)20-16(23)5-6-17(24)21(20)28-2/h5-8,13-15H,3-4,9-11H2,1-2H3/t14-,15+/m1/s1. The molecule has 29 heavy (non-hydrogen) atoms. The van der Waals surface area contributed by atoms with Crippen LogP contribution in [0.25, 0.3) is 5.65 Å². The van der Waals surface area contributed by atoms with Gasteiger partial charge in [-0.15, -0.1) is 10.2 Å². The number of aryl methyl sites for hydroxylation is 1. The average molecular weight is 399 g/mol. The maximum Gasteiger partial charge on any atom is 0.167 e. The van der Waals surface area contributed by atoms with Crippen LogP contribution in [-0.4, -0.2) is 28.3 Å². The summed E-state index contributed by atoms with van der Waals surface area (Å²) >= 11 is 0. The molecule has 0 spiro atoms. The Morgan fingerprint density at radius 3 is 2.69 bits per heavy atom. The fourth-order valence-corrected chi connectivity index (χ4v) is 4.07. The molecule has 2 atom stereocenters. The second-order valence-electron chi connectivity index (χ2n) is 8.15. The van der Waals surface area contributed by atoms with Gasteiger partial charge in [-0.05, 0) is 56.2 Å². The molecule has 0 unspecified atom stereocenters. The molecular formula is C22H23F2N3O2. The summed E-state index contributed by atoms with van der Waals surface area (Å²) in [6.07, 6.45) is 6.21. The number of methoxy groups -OCH3 is 1. The molecule has 0 aliphatic heterocycles. The predicted octanol–water partition coefficient (Wildman–Crippen LogP) is 4.46. The monoisotopic (exact) mass is 399 g/mol. The van der Waals surface area contributed by atoms with E-state index in [0.717, 1.165) is 53.7 Å². The summed E-state index contributed by atoms with van der Waals surface area (Å²) in [6, 6.07) is 4.19. The van der Waals surface area contributed by atoms with Crippen LogP contribution in [0.4, 0.5) is 8.78 Å². The number of benzene rings is 1. The molecule has 0 N–H and O–H groups in total. The third kappa shape index (κ3) is 3.32. The lowest BCUT2D eigenvalue weighted by Gasteiger charge is -2.12. The second kappa shape index (κ2) is 6.97. The van der Waals surface area contributed by atoms with Crippen LogP contribution >= 0.6 is 0 Å². The van der Waals surface area contributed by atoms with Crippen molar-refractivity contribution in [1.29, 1.82) is 0 Å². The molecule has 0 saturated heterocycles. The molecule has 5 nitrogen and oxygen atoms in total. The molecule has 1 aromatic carbocycles. The zero-order valence-corrected chi connectivity index (χ0v) is 16.5.